The van der Waals surface area contributed by atoms with Crippen LogP contribution in [0.2, 0.25) is 0 Å². The third-order valence-electron chi connectivity index (χ3n) is 6.43. The van der Waals surface area contributed by atoms with Crippen molar-refractivity contribution < 1.29 is 18.4 Å². The van der Waals surface area contributed by atoms with Crippen LogP contribution in [-0.2, 0) is 11.3 Å². The van der Waals surface area contributed by atoms with Gasteiger partial charge < -0.3 is 10.2 Å². The van der Waals surface area contributed by atoms with Crippen molar-refractivity contribution in [3.05, 3.63) is 71.3 Å². The molecule has 0 aromatic heterocycles. The second kappa shape index (κ2) is 10.2. The number of amides is 2. The summed E-state index contributed by atoms with van der Waals surface area (Å²) in [6, 6.07) is 12.6. The zero-order valence-corrected chi connectivity index (χ0v) is 18.1. The lowest BCUT2D eigenvalue weighted by Gasteiger charge is -2.33. The van der Waals surface area contributed by atoms with E-state index in [9.17, 15) is 18.4 Å². The van der Waals surface area contributed by atoms with Gasteiger partial charge in [0.25, 0.3) is 5.91 Å². The molecule has 2 fully saturated rings. The molecule has 0 bridgehead atoms. The van der Waals surface area contributed by atoms with Crippen molar-refractivity contribution in [2.45, 2.75) is 38.3 Å². The van der Waals surface area contributed by atoms with E-state index in [2.05, 4.69) is 10.2 Å². The second-order valence-electron chi connectivity index (χ2n) is 8.67. The Hall–Kier alpha value is -2.80. The fraction of sp³-hybridized carbons (Fsp3) is 0.440. The molecular formula is C25H29F2N3O2. The molecule has 2 amide bonds. The summed E-state index contributed by atoms with van der Waals surface area (Å²) in [4.78, 5) is 30.2. The first-order valence-electron chi connectivity index (χ1n) is 11.3. The third kappa shape index (κ3) is 5.33. The number of rotatable bonds is 3. The Kier molecular flexibility index (Phi) is 7.15. The molecule has 7 heteroatoms. The summed E-state index contributed by atoms with van der Waals surface area (Å²) in [6.45, 7) is 2.62. The number of hydrogen-bond donors (Lipinski definition) is 1. The van der Waals surface area contributed by atoms with E-state index in [4.69, 9.17) is 0 Å². The van der Waals surface area contributed by atoms with Gasteiger partial charge in [0.15, 0.2) is 0 Å². The van der Waals surface area contributed by atoms with E-state index in [1.54, 1.807) is 0 Å². The van der Waals surface area contributed by atoms with Crippen LogP contribution in [0, 0.1) is 17.6 Å². The monoisotopic (exact) mass is 441 g/mol. The molecule has 32 heavy (non-hydrogen) atoms. The summed E-state index contributed by atoms with van der Waals surface area (Å²) >= 11 is 0. The highest BCUT2D eigenvalue weighted by Gasteiger charge is 2.39. The number of nitrogens with one attached hydrogen (secondary N) is 1. The summed E-state index contributed by atoms with van der Waals surface area (Å²) < 4.78 is 27.2. The van der Waals surface area contributed by atoms with E-state index in [0.29, 0.717) is 50.3 Å². The molecule has 4 rings (SSSR count). The molecule has 0 radical (unpaired) electrons. The van der Waals surface area contributed by atoms with Gasteiger partial charge in [-0.1, -0.05) is 24.6 Å². The van der Waals surface area contributed by atoms with Gasteiger partial charge in [-0.3, -0.25) is 14.5 Å². The maximum Gasteiger partial charge on any atom is 0.254 e. The quantitative estimate of drug-likeness (QED) is 0.792. The van der Waals surface area contributed by atoms with Crippen molar-refractivity contribution in [3.63, 3.8) is 0 Å². The average Bonchev–Trinajstić information content (AvgIpc) is 3.24. The first-order valence-corrected chi connectivity index (χ1v) is 11.3. The molecule has 0 spiro atoms. The maximum atomic E-state index is 13.6. The van der Waals surface area contributed by atoms with E-state index in [-0.39, 0.29) is 23.8 Å². The van der Waals surface area contributed by atoms with Gasteiger partial charge in [-0.15, -0.1) is 0 Å². The molecular weight excluding hydrogens is 412 g/mol. The van der Waals surface area contributed by atoms with E-state index >= 15 is 0 Å². The molecule has 1 aliphatic heterocycles. The Labute approximate surface area is 187 Å². The summed E-state index contributed by atoms with van der Waals surface area (Å²) in [7, 11) is 0. The third-order valence-corrected chi connectivity index (χ3v) is 6.43. The molecule has 0 unspecified atom stereocenters. The van der Waals surface area contributed by atoms with E-state index in [1.165, 1.54) is 12.1 Å². The number of carbonyl (C=O) groups is 2. The predicted octanol–water partition coefficient (Wildman–Crippen LogP) is 3.60. The number of fused-ring (bicyclic) bond motifs is 1. The largest absolute Gasteiger partial charge is 0.355 e. The summed E-state index contributed by atoms with van der Waals surface area (Å²) in [6.07, 6.45) is 3.25. The van der Waals surface area contributed by atoms with Crippen LogP contribution in [0.5, 0.6) is 0 Å². The highest BCUT2D eigenvalue weighted by molar-refractivity contribution is 5.95. The van der Waals surface area contributed by atoms with Crippen LogP contribution in [-0.4, -0.2) is 53.8 Å². The van der Waals surface area contributed by atoms with Crippen LogP contribution < -0.4 is 5.32 Å². The van der Waals surface area contributed by atoms with Crippen molar-refractivity contribution in [1.29, 1.82) is 0 Å². The lowest BCUT2D eigenvalue weighted by molar-refractivity contribution is -0.126. The van der Waals surface area contributed by atoms with Crippen molar-refractivity contribution in [2.75, 3.05) is 26.2 Å². The van der Waals surface area contributed by atoms with E-state index < -0.39 is 11.6 Å². The lowest BCUT2D eigenvalue weighted by atomic mass is 9.99. The molecule has 1 saturated carbocycles. The molecule has 1 aliphatic carbocycles. The van der Waals surface area contributed by atoms with Crippen molar-refractivity contribution in [3.8, 4) is 0 Å². The highest BCUT2D eigenvalue weighted by atomic mass is 19.1. The minimum Gasteiger partial charge on any atom is -0.355 e. The number of halogens is 2. The number of carbonyl (C=O) groups excluding carboxylic acids is 2. The van der Waals surface area contributed by atoms with Gasteiger partial charge >= 0.3 is 0 Å². The molecule has 2 atom stereocenters. The van der Waals surface area contributed by atoms with Crippen molar-refractivity contribution in [1.82, 2.24) is 15.1 Å². The van der Waals surface area contributed by atoms with Gasteiger partial charge in [-0.2, -0.15) is 0 Å². The minimum absolute atomic E-state index is 0.0167. The fourth-order valence-corrected chi connectivity index (χ4v) is 4.95. The van der Waals surface area contributed by atoms with Crippen LogP contribution in [0.4, 0.5) is 8.78 Å². The first-order chi connectivity index (χ1) is 15.5. The molecule has 5 nitrogen and oxygen atoms in total. The molecule has 170 valence electrons. The first kappa shape index (κ1) is 22.4. The molecule has 1 saturated heterocycles. The minimum atomic E-state index is -0.598. The molecule has 2 aromatic carbocycles. The molecule has 1 N–H and O–H groups in total. The Morgan fingerprint density at radius 3 is 2.47 bits per heavy atom. The Morgan fingerprint density at radius 2 is 1.72 bits per heavy atom. The van der Waals surface area contributed by atoms with Crippen LogP contribution in [0.15, 0.2) is 48.5 Å². The van der Waals surface area contributed by atoms with Crippen LogP contribution in [0.25, 0.3) is 0 Å². The standard InChI is InChI=1S/C25H29F2N3O2/c26-20-14-18(15-21(27)16-20)17-29-11-5-12-30(25(32)19-6-2-1-3-7-19)23-9-4-8-22(23)24(31)28-10-13-29/h1-3,6-7,14-16,22-23H,4-5,8-13,17H2,(H,28,31)/t22-,23+/m1/s1. The summed E-state index contributed by atoms with van der Waals surface area (Å²) in [5.74, 6) is -1.46. The average molecular weight is 442 g/mol. The Morgan fingerprint density at radius 1 is 0.969 bits per heavy atom. The number of nitrogens with zero attached hydrogens (tertiary/aromatic N) is 2. The van der Waals surface area contributed by atoms with Crippen LogP contribution in [0.1, 0.15) is 41.6 Å². The molecule has 2 aliphatic rings. The topological polar surface area (TPSA) is 52.7 Å². The van der Waals surface area contributed by atoms with Gasteiger partial charge in [-0.05, 0) is 49.1 Å². The van der Waals surface area contributed by atoms with Crippen molar-refractivity contribution >= 4 is 11.8 Å². The summed E-state index contributed by atoms with van der Waals surface area (Å²) in [5, 5.41) is 3.02. The molecule has 2 aromatic rings. The van der Waals surface area contributed by atoms with E-state index in [0.717, 1.165) is 25.3 Å². The van der Waals surface area contributed by atoms with E-state index in [1.807, 2.05) is 35.2 Å². The smallest absolute Gasteiger partial charge is 0.254 e. The number of benzene rings is 2. The highest BCUT2D eigenvalue weighted by Crippen LogP contribution is 2.31. The molecule has 1 heterocycles. The van der Waals surface area contributed by atoms with Gasteiger partial charge in [-0.25, -0.2) is 8.78 Å². The summed E-state index contributed by atoms with van der Waals surface area (Å²) in [5.41, 5.74) is 1.18. The van der Waals surface area contributed by atoms with Crippen LogP contribution in [0.3, 0.4) is 0 Å². The maximum absolute atomic E-state index is 13.6. The van der Waals surface area contributed by atoms with Gasteiger partial charge in [0.2, 0.25) is 5.91 Å². The zero-order valence-electron chi connectivity index (χ0n) is 18.1. The van der Waals surface area contributed by atoms with Gasteiger partial charge in [0, 0.05) is 50.4 Å². The Balaban J connectivity index is 1.53. The predicted molar refractivity (Wildman–Crippen MR) is 118 cm³/mol. The normalized spacial score (nSPS) is 22.7. The second-order valence-corrected chi connectivity index (χ2v) is 8.67. The fourth-order valence-electron chi connectivity index (χ4n) is 4.95. The lowest BCUT2D eigenvalue weighted by Crippen LogP contribution is -2.47. The zero-order chi connectivity index (χ0) is 22.5. The Bertz CT molecular complexity index is 933. The van der Waals surface area contributed by atoms with Gasteiger partial charge in [0.1, 0.15) is 11.6 Å². The number of hydrogen-bond acceptors (Lipinski definition) is 3. The van der Waals surface area contributed by atoms with Crippen LogP contribution >= 0.6 is 0 Å². The SMILES string of the molecule is O=C1NCCN(Cc2cc(F)cc(F)c2)CCCN(C(=O)c2ccccc2)[C@H]2CCC[C@@H]12. The van der Waals surface area contributed by atoms with Crippen molar-refractivity contribution in [2.24, 2.45) is 5.92 Å². The van der Waals surface area contributed by atoms with Gasteiger partial charge in [0.05, 0.1) is 5.92 Å².